The minimum absolute atomic E-state index is 0.216. The van der Waals surface area contributed by atoms with Crippen LogP contribution in [0.4, 0.5) is 5.13 Å². The summed E-state index contributed by atoms with van der Waals surface area (Å²) in [7, 11) is 1.34. The molecule has 1 N–H and O–H groups in total. The van der Waals surface area contributed by atoms with Gasteiger partial charge in [-0.15, -0.1) is 0 Å². The van der Waals surface area contributed by atoms with Gasteiger partial charge in [-0.1, -0.05) is 36.3 Å². The van der Waals surface area contributed by atoms with E-state index in [2.05, 4.69) is 22.0 Å². The molecule has 1 aliphatic carbocycles. The summed E-state index contributed by atoms with van der Waals surface area (Å²) >= 11 is 7.16. The normalized spacial score (nSPS) is 17.1. The first-order chi connectivity index (χ1) is 8.60. The Kier molecular flexibility index (Phi) is 4.12. The minimum atomic E-state index is -0.431. The number of halogens is 1. The quantitative estimate of drug-likeness (QED) is 0.842. The summed E-state index contributed by atoms with van der Waals surface area (Å²) < 4.78 is 4.65. The number of nitrogens with one attached hydrogen (secondary N) is 1. The summed E-state index contributed by atoms with van der Waals surface area (Å²) in [6, 6.07) is 0. The molecule has 1 fully saturated rings. The third-order valence-corrected chi connectivity index (χ3v) is 5.11. The Morgan fingerprint density at radius 1 is 1.61 bits per heavy atom. The van der Waals surface area contributed by atoms with Crippen LogP contribution in [-0.4, -0.2) is 24.6 Å². The molecule has 0 bridgehead atoms. The summed E-state index contributed by atoms with van der Waals surface area (Å²) in [6.45, 7) is 3.11. The highest BCUT2D eigenvalue weighted by Crippen LogP contribution is 2.44. The molecule has 0 saturated heterocycles. The van der Waals surface area contributed by atoms with Gasteiger partial charge >= 0.3 is 5.97 Å². The van der Waals surface area contributed by atoms with E-state index in [1.165, 1.54) is 44.1 Å². The summed E-state index contributed by atoms with van der Waals surface area (Å²) in [5, 5.41) is 4.20. The molecule has 0 aromatic carbocycles. The Balaban J connectivity index is 2.00. The molecule has 100 valence electrons. The van der Waals surface area contributed by atoms with E-state index < -0.39 is 5.97 Å². The zero-order chi connectivity index (χ0) is 13.2. The van der Waals surface area contributed by atoms with Gasteiger partial charge in [0.15, 0.2) is 15.2 Å². The molecule has 18 heavy (non-hydrogen) atoms. The fourth-order valence-electron chi connectivity index (χ4n) is 2.19. The number of ether oxygens (including phenoxy) is 1. The number of thiazole rings is 1. The van der Waals surface area contributed by atoms with Crippen LogP contribution in [0.3, 0.4) is 0 Å². The predicted octanol–water partition coefficient (Wildman–Crippen LogP) is 3.58. The van der Waals surface area contributed by atoms with E-state index >= 15 is 0 Å². The Labute approximate surface area is 116 Å². The van der Waals surface area contributed by atoms with Crippen LogP contribution in [0.1, 0.15) is 42.3 Å². The Hall–Kier alpha value is -0.810. The smallest absolute Gasteiger partial charge is 0.351 e. The second-order valence-corrected chi connectivity index (χ2v) is 6.05. The van der Waals surface area contributed by atoms with E-state index in [1.54, 1.807) is 0 Å². The summed E-state index contributed by atoms with van der Waals surface area (Å²) in [4.78, 5) is 15.9. The van der Waals surface area contributed by atoms with Crippen molar-refractivity contribution in [3.8, 4) is 0 Å². The molecule has 0 unspecified atom stereocenters. The lowest BCUT2D eigenvalue weighted by Crippen LogP contribution is -2.35. The summed E-state index contributed by atoms with van der Waals surface area (Å²) in [5.41, 5.74) is 0.406. The Morgan fingerprint density at radius 2 is 2.33 bits per heavy atom. The lowest BCUT2D eigenvalue weighted by Gasteiger charge is -2.41. The van der Waals surface area contributed by atoms with E-state index in [0.717, 1.165) is 6.54 Å². The highest BCUT2D eigenvalue weighted by Gasteiger charge is 2.35. The standard InChI is InChI=1S/C12H17ClN2O2S/c1-3-12(5-4-6-12)7-14-11-15-9(13)8(18-11)10(16)17-2/h3-7H2,1-2H3,(H,14,15). The van der Waals surface area contributed by atoms with Crippen molar-refractivity contribution in [1.82, 2.24) is 4.98 Å². The van der Waals surface area contributed by atoms with Crippen LogP contribution in [0, 0.1) is 5.41 Å². The molecule has 0 radical (unpaired) electrons. The monoisotopic (exact) mass is 288 g/mol. The molecular weight excluding hydrogens is 272 g/mol. The second-order valence-electron chi connectivity index (χ2n) is 4.69. The number of rotatable bonds is 5. The van der Waals surface area contributed by atoms with Gasteiger partial charge in [0.25, 0.3) is 0 Å². The van der Waals surface area contributed by atoms with Crippen molar-refractivity contribution >= 4 is 34.0 Å². The highest BCUT2D eigenvalue weighted by molar-refractivity contribution is 7.18. The fraction of sp³-hybridized carbons (Fsp3) is 0.667. The van der Waals surface area contributed by atoms with Crippen molar-refractivity contribution in [2.45, 2.75) is 32.6 Å². The van der Waals surface area contributed by atoms with Crippen LogP contribution < -0.4 is 5.32 Å². The van der Waals surface area contributed by atoms with Gasteiger partial charge in [0.05, 0.1) is 7.11 Å². The molecule has 1 aliphatic rings. The second kappa shape index (κ2) is 5.45. The van der Waals surface area contributed by atoms with Crippen molar-refractivity contribution in [3.63, 3.8) is 0 Å². The number of carbonyl (C=O) groups excluding carboxylic acids is 1. The van der Waals surface area contributed by atoms with E-state index in [4.69, 9.17) is 11.6 Å². The first kappa shape index (κ1) is 13.6. The average molecular weight is 289 g/mol. The van der Waals surface area contributed by atoms with Gasteiger partial charge in [0, 0.05) is 6.54 Å². The number of esters is 1. The Morgan fingerprint density at radius 3 is 2.83 bits per heavy atom. The van der Waals surface area contributed by atoms with Gasteiger partial charge in [0.2, 0.25) is 0 Å². The van der Waals surface area contributed by atoms with Crippen molar-refractivity contribution in [2.75, 3.05) is 19.0 Å². The number of anilines is 1. The van der Waals surface area contributed by atoms with Crippen LogP contribution in [0.5, 0.6) is 0 Å². The lowest BCUT2D eigenvalue weighted by atomic mass is 9.67. The lowest BCUT2D eigenvalue weighted by molar-refractivity contribution is 0.0606. The molecular formula is C12H17ClN2O2S. The highest BCUT2D eigenvalue weighted by atomic mass is 35.5. The molecule has 1 aromatic heterocycles. The zero-order valence-corrected chi connectivity index (χ0v) is 12.2. The van der Waals surface area contributed by atoms with Gasteiger partial charge in [-0.05, 0) is 24.7 Å². The van der Waals surface area contributed by atoms with Gasteiger partial charge in [0.1, 0.15) is 0 Å². The number of carbonyl (C=O) groups is 1. The van der Waals surface area contributed by atoms with Gasteiger partial charge in [-0.2, -0.15) is 0 Å². The Bertz CT molecular complexity index is 438. The van der Waals surface area contributed by atoms with Crippen LogP contribution in [-0.2, 0) is 4.74 Å². The number of hydrogen-bond donors (Lipinski definition) is 1. The van der Waals surface area contributed by atoms with Crippen molar-refractivity contribution in [3.05, 3.63) is 10.0 Å². The van der Waals surface area contributed by atoms with Crippen LogP contribution in [0.25, 0.3) is 0 Å². The zero-order valence-electron chi connectivity index (χ0n) is 10.6. The molecule has 0 atom stereocenters. The topological polar surface area (TPSA) is 51.2 Å². The third kappa shape index (κ3) is 2.62. The van der Waals surface area contributed by atoms with Gasteiger partial charge in [-0.3, -0.25) is 0 Å². The molecule has 6 heteroatoms. The van der Waals surface area contributed by atoms with Crippen molar-refractivity contribution in [2.24, 2.45) is 5.41 Å². The molecule has 1 saturated carbocycles. The van der Waals surface area contributed by atoms with Gasteiger partial charge < -0.3 is 10.1 Å². The number of hydrogen-bond acceptors (Lipinski definition) is 5. The minimum Gasteiger partial charge on any atom is -0.465 e. The van der Waals surface area contributed by atoms with E-state index in [-0.39, 0.29) is 5.15 Å². The molecule has 0 aliphatic heterocycles. The number of aromatic nitrogens is 1. The first-order valence-electron chi connectivity index (χ1n) is 6.09. The molecule has 0 amide bonds. The maximum atomic E-state index is 11.4. The molecule has 1 aromatic rings. The maximum absolute atomic E-state index is 11.4. The van der Waals surface area contributed by atoms with E-state index in [9.17, 15) is 4.79 Å². The molecule has 2 rings (SSSR count). The summed E-state index contributed by atoms with van der Waals surface area (Å²) in [6.07, 6.45) is 5.00. The van der Waals surface area contributed by atoms with E-state index in [0.29, 0.717) is 15.4 Å². The summed E-state index contributed by atoms with van der Waals surface area (Å²) in [5.74, 6) is -0.431. The predicted molar refractivity (Wildman–Crippen MR) is 73.5 cm³/mol. The molecule has 1 heterocycles. The maximum Gasteiger partial charge on any atom is 0.351 e. The SMILES string of the molecule is CCC1(CNc2nc(Cl)c(C(=O)OC)s2)CCC1. The molecule has 4 nitrogen and oxygen atoms in total. The molecule has 0 spiro atoms. The fourth-order valence-corrected chi connectivity index (χ4v) is 3.29. The van der Waals surface area contributed by atoms with Crippen LogP contribution >= 0.6 is 22.9 Å². The number of methoxy groups -OCH3 is 1. The van der Waals surface area contributed by atoms with Crippen LogP contribution in [0.2, 0.25) is 5.15 Å². The average Bonchev–Trinajstić information content (AvgIpc) is 2.69. The number of nitrogens with zero attached hydrogens (tertiary/aromatic N) is 1. The van der Waals surface area contributed by atoms with Gasteiger partial charge in [-0.25, -0.2) is 9.78 Å². The largest absolute Gasteiger partial charge is 0.465 e. The van der Waals surface area contributed by atoms with Crippen LogP contribution in [0.15, 0.2) is 0 Å². The first-order valence-corrected chi connectivity index (χ1v) is 7.28. The van der Waals surface area contributed by atoms with E-state index in [1.807, 2.05) is 0 Å². The van der Waals surface area contributed by atoms with Crippen molar-refractivity contribution in [1.29, 1.82) is 0 Å². The van der Waals surface area contributed by atoms with Crippen molar-refractivity contribution < 1.29 is 9.53 Å². The third-order valence-electron chi connectivity index (χ3n) is 3.74.